The van der Waals surface area contributed by atoms with E-state index in [4.69, 9.17) is 0 Å². The molecular weight excluding hydrogens is 210 g/mol. The van der Waals surface area contributed by atoms with Crippen molar-refractivity contribution in [2.75, 3.05) is 20.1 Å². The highest BCUT2D eigenvalue weighted by atomic mass is 15.1. The number of aromatic nitrogens is 1. The average molecular weight is 237 g/mol. The van der Waals surface area contributed by atoms with Crippen molar-refractivity contribution in [1.29, 1.82) is 0 Å². The van der Waals surface area contributed by atoms with Crippen LogP contribution in [-0.4, -0.2) is 35.6 Å². The molecule has 0 radical (unpaired) electrons. The smallest absolute Gasteiger partial charge is 0.0221 e. The third-order valence-corrected chi connectivity index (χ3v) is 3.15. The molecule has 0 fully saturated rings. The highest BCUT2D eigenvalue weighted by Gasteiger charge is 2.02. The lowest BCUT2D eigenvalue weighted by molar-refractivity contribution is 0.273. The van der Waals surface area contributed by atoms with Gasteiger partial charge in [-0.15, -0.1) is 0 Å². The molecule has 0 aliphatic rings. The summed E-state index contributed by atoms with van der Waals surface area (Å²) in [5, 5.41) is 3.49. The lowest BCUT2D eigenvalue weighted by Crippen LogP contribution is -2.33. The van der Waals surface area contributed by atoms with Gasteiger partial charge in [0.2, 0.25) is 0 Å². The van der Waals surface area contributed by atoms with Gasteiger partial charge in [0.05, 0.1) is 0 Å². The van der Waals surface area contributed by atoms with Gasteiger partial charge < -0.3 is 14.8 Å². The predicted molar refractivity (Wildman–Crippen MR) is 74.2 cm³/mol. The molecule has 3 nitrogen and oxygen atoms in total. The normalized spacial score (nSPS) is 11.6. The maximum atomic E-state index is 3.49. The van der Waals surface area contributed by atoms with Gasteiger partial charge in [-0.05, 0) is 38.9 Å². The fourth-order valence-corrected chi connectivity index (χ4v) is 1.74. The van der Waals surface area contributed by atoms with Gasteiger partial charge in [-0.3, -0.25) is 0 Å². The molecule has 0 spiro atoms. The lowest BCUT2D eigenvalue weighted by Gasteiger charge is -2.20. The van der Waals surface area contributed by atoms with Crippen LogP contribution in [0.4, 0.5) is 0 Å². The van der Waals surface area contributed by atoms with Crippen LogP contribution in [0.25, 0.3) is 0 Å². The highest BCUT2D eigenvalue weighted by Crippen LogP contribution is 2.01. The molecule has 0 saturated carbocycles. The minimum atomic E-state index is 0.627. The largest absolute Gasteiger partial charge is 0.354 e. The molecule has 1 heterocycles. The number of nitrogens with zero attached hydrogens (tertiary/aromatic N) is 2. The van der Waals surface area contributed by atoms with Crippen molar-refractivity contribution < 1.29 is 0 Å². The molecule has 0 saturated heterocycles. The minimum absolute atomic E-state index is 0.627. The van der Waals surface area contributed by atoms with Crippen molar-refractivity contribution in [3.8, 4) is 0 Å². The molecular formula is C14H27N3. The van der Waals surface area contributed by atoms with E-state index in [0.717, 1.165) is 26.2 Å². The minimum Gasteiger partial charge on any atom is -0.354 e. The third kappa shape index (κ3) is 5.37. The number of aryl methyl sites for hydroxylation is 1. The Kier molecular flexibility index (Phi) is 6.30. The SMILES string of the molecule is CCCn1ccc(CNCCN(C)C(C)C)c1. The zero-order valence-corrected chi connectivity index (χ0v) is 11.7. The molecule has 0 unspecified atom stereocenters. The van der Waals surface area contributed by atoms with Gasteiger partial charge >= 0.3 is 0 Å². The van der Waals surface area contributed by atoms with Crippen molar-refractivity contribution in [2.24, 2.45) is 0 Å². The fourth-order valence-electron chi connectivity index (χ4n) is 1.74. The van der Waals surface area contributed by atoms with E-state index in [-0.39, 0.29) is 0 Å². The van der Waals surface area contributed by atoms with Gasteiger partial charge in [0.1, 0.15) is 0 Å². The first-order valence-electron chi connectivity index (χ1n) is 6.69. The summed E-state index contributed by atoms with van der Waals surface area (Å²) in [5.41, 5.74) is 1.38. The van der Waals surface area contributed by atoms with Crippen LogP contribution in [-0.2, 0) is 13.1 Å². The second-order valence-electron chi connectivity index (χ2n) is 5.01. The topological polar surface area (TPSA) is 20.2 Å². The van der Waals surface area contributed by atoms with Crippen LogP contribution in [0.15, 0.2) is 18.5 Å². The second-order valence-corrected chi connectivity index (χ2v) is 5.01. The van der Waals surface area contributed by atoms with Crippen molar-refractivity contribution in [3.63, 3.8) is 0 Å². The second kappa shape index (κ2) is 7.51. The highest BCUT2D eigenvalue weighted by molar-refractivity contribution is 5.09. The van der Waals surface area contributed by atoms with E-state index in [2.05, 4.69) is 61.1 Å². The Morgan fingerprint density at radius 3 is 2.82 bits per heavy atom. The molecule has 3 heteroatoms. The Labute approximate surface area is 106 Å². The van der Waals surface area contributed by atoms with Gasteiger partial charge in [0.15, 0.2) is 0 Å². The van der Waals surface area contributed by atoms with E-state index >= 15 is 0 Å². The molecule has 0 aliphatic heterocycles. The van der Waals surface area contributed by atoms with Gasteiger partial charge in [-0.2, -0.15) is 0 Å². The fraction of sp³-hybridized carbons (Fsp3) is 0.714. The standard InChI is InChI=1S/C14H27N3/c1-5-8-17-9-6-14(12-17)11-15-7-10-16(4)13(2)3/h6,9,12-13,15H,5,7-8,10-11H2,1-4H3. The third-order valence-electron chi connectivity index (χ3n) is 3.15. The molecule has 1 rings (SSSR count). The summed E-state index contributed by atoms with van der Waals surface area (Å²) in [7, 11) is 2.17. The summed E-state index contributed by atoms with van der Waals surface area (Å²) in [6.45, 7) is 10.9. The number of hydrogen-bond acceptors (Lipinski definition) is 2. The predicted octanol–water partition coefficient (Wildman–Crippen LogP) is 2.33. The van der Waals surface area contributed by atoms with Crippen LogP contribution in [0.2, 0.25) is 0 Å². The molecule has 1 aromatic heterocycles. The van der Waals surface area contributed by atoms with Crippen LogP contribution in [0.1, 0.15) is 32.8 Å². The first-order valence-corrected chi connectivity index (χ1v) is 6.69. The van der Waals surface area contributed by atoms with Crippen LogP contribution in [0, 0.1) is 0 Å². The summed E-state index contributed by atoms with van der Waals surface area (Å²) in [6.07, 6.45) is 5.60. The first kappa shape index (κ1) is 14.3. The number of nitrogens with one attached hydrogen (secondary N) is 1. The Bertz CT molecular complexity index is 304. The molecule has 0 aliphatic carbocycles. The van der Waals surface area contributed by atoms with Crippen LogP contribution in [0.3, 0.4) is 0 Å². The van der Waals surface area contributed by atoms with E-state index in [1.165, 1.54) is 12.0 Å². The first-order chi connectivity index (χ1) is 8.13. The molecule has 17 heavy (non-hydrogen) atoms. The Morgan fingerprint density at radius 1 is 1.41 bits per heavy atom. The molecule has 1 N–H and O–H groups in total. The summed E-state index contributed by atoms with van der Waals surface area (Å²) in [5.74, 6) is 0. The monoisotopic (exact) mass is 237 g/mol. The maximum Gasteiger partial charge on any atom is 0.0221 e. The van der Waals surface area contributed by atoms with Gasteiger partial charge in [0, 0.05) is 44.6 Å². The molecule has 1 aromatic rings. The number of likely N-dealkylation sites (N-methyl/N-ethyl adjacent to an activating group) is 1. The van der Waals surface area contributed by atoms with Crippen molar-refractivity contribution in [3.05, 3.63) is 24.0 Å². The van der Waals surface area contributed by atoms with E-state index < -0.39 is 0 Å². The number of hydrogen-bond donors (Lipinski definition) is 1. The lowest BCUT2D eigenvalue weighted by atomic mass is 10.3. The summed E-state index contributed by atoms with van der Waals surface area (Å²) >= 11 is 0. The molecule has 0 aromatic carbocycles. The molecule has 0 amide bonds. The van der Waals surface area contributed by atoms with Crippen molar-refractivity contribution in [2.45, 2.75) is 46.3 Å². The quantitative estimate of drug-likeness (QED) is 0.700. The number of rotatable bonds is 8. The Hall–Kier alpha value is -0.800. The van der Waals surface area contributed by atoms with Gasteiger partial charge in [-0.1, -0.05) is 6.92 Å². The summed E-state index contributed by atoms with van der Waals surface area (Å²) < 4.78 is 2.26. The van der Waals surface area contributed by atoms with Crippen LogP contribution in [0.5, 0.6) is 0 Å². The van der Waals surface area contributed by atoms with Gasteiger partial charge in [0.25, 0.3) is 0 Å². The summed E-state index contributed by atoms with van der Waals surface area (Å²) in [6, 6.07) is 2.83. The Balaban J connectivity index is 2.17. The van der Waals surface area contributed by atoms with E-state index in [1.54, 1.807) is 0 Å². The summed E-state index contributed by atoms with van der Waals surface area (Å²) in [4.78, 5) is 2.36. The van der Waals surface area contributed by atoms with E-state index in [0.29, 0.717) is 6.04 Å². The molecule has 0 atom stereocenters. The van der Waals surface area contributed by atoms with Crippen molar-refractivity contribution in [1.82, 2.24) is 14.8 Å². The van der Waals surface area contributed by atoms with Gasteiger partial charge in [-0.25, -0.2) is 0 Å². The molecule has 98 valence electrons. The zero-order valence-electron chi connectivity index (χ0n) is 11.7. The van der Waals surface area contributed by atoms with E-state index in [9.17, 15) is 0 Å². The van der Waals surface area contributed by atoms with Crippen LogP contribution < -0.4 is 5.32 Å². The Morgan fingerprint density at radius 2 is 2.18 bits per heavy atom. The average Bonchev–Trinajstić information content (AvgIpc) is 2.72. The van der Waals surface area contributed by atoms with E-state index in [1.807, 2.05) is 0 Å². The zero-order chi connectivity index (χ0) is 12.7. The van der Waals surface area contributed by atoms with Crippen molar-refractivity contribution >= 4 is 0 Å². The molecule has 0 bridgehead atoms. The van der Waals surface area contributed by atoms with Crippen LogP contribution >= 0.6 is 0 Å². The maximum absolute atomic E-state index is 3.49.